The Balaban J connectivity index is 1.25. The van der Waals surface area contributed by atoms with Gasteiger partial charge in [-0.25, -0.2) is 9.49 Å². The van der Waals surface area contributed by atoms with Crippen LogP contribution < -0.4 is 10.9 Å². The van der Waals surface area contributed by atoms with Gasteiger partial charge in [-0.3, -0.25) is 19.8 Å². The van der Waals surface area contributed by atoms with Gasteiger partial charge < -0.3 is 4.90 Å². The molecule has 2 aromatic carbocycles. The summed E-state index contributed by atoms with van der Waals surface area (Å²) in [4.78, 5) is 29.6. The van der Waals surface area contributed by atoms with E-state index in [0.717, 1.165) is 24.2 Å². The van der Waals surface area contributed by atoms with Crippen molar-refractivity contribution in [3.05, 3.63) is 75.5 Å². The van der Waals surface area contributed by atoms with E-state index in [-0.39, 0.29) is 17.0 Å². The van der Waals surface area contributed by atoms with Crippen LogP contribution in [0.3, 0.4) is 0 Å². The van der Waals surface area contributed by atoms with Gasteiger partial charge >= 0.3 is 0 Å². The monoisotopic (exact) mass is 447 g/mol. The van der Waals surface area contributed by atoms with E-state index in [1.54, 1.807) is 23.1 Å². The third-order valence-corrected chi connectivity index (χ3v) is 7.30. The molecule has 6 rings (SSSR count). The Kier molecular flexibility index (Phi) is 4.99. The van der Waals surface area contributed by atoms with Gasteiger partial charge in [0.15, 0.2) is 0 Å². The summed E-state index contributed by atoms with van der Waals surface area (Å²) in [6, 6.07) is 12.7. The first-order valence-corrected chi connectivity index (χ1v) is 11.6. The second kappa shape index (κ2) is 8.04. The molecule has 8 heteroatoms. The molecule has 0 bridgehead atoms. The first kappa shape index (κ1) is 20.5. The van der Waals surface area contributed by atoms with Gasteiger partial charge in [0.25, 0.3) is 11.5 Å². The smallest absolute Gasteiger partial charge is 0.272 e. The summed E-state index contributed by atoms with van der Waals surface area (Å²) in [7, 11) is 0. The molecule has 1 aromatic heterocycles. The van der Waals surface area contributed by atoms with Crippen LogP contribution in [-0.4, -0.2) is 64.3 Å². The predicted molar refractivity (Wildman–Crippen MR) is 122 cm³/mol. The van der Waals surface area contributed by atoms with Crippen LogP contribution in [0.4, 0.5) is 4.39 Å². The fraction of sp³-hybridized carbons (Fsp3) is 0.400. The van der Waals surface area contributed by atoms with Crippen molar-refractivity contribution < 1.29 is 9.18 Å². The molecule has 3 fully saturated rings. The van der Waals surface area contributed by atoms with E-state index in [0.29, 0.717) is 48.6 Å². The highest BCUT2D eigenvalue weighted by Crippen LogP contribution is 2.38. The molecule has 2 atom stereocenters. The van der Waals surface area contributed by atoms with Crippen LogP contribution in [0.1, 0.15) is 34.5 Å². The number of hydrogen-bond donors (Lipinski definition) is 2. The summed E-state index contributed by atoms with van der Waals surface area (Å²) in [5.41, 5.74) is 1.33. The van der Waals surface area contributed by atoms with Crippen molar-refractivity contribution >= 4 is 16.7 Å². The molecule has 0 radical (unpaired) electrons. The second-order valence-electron chi connectivity index (χ2n) is 9.39. The Bertz CT molecular complexity index is 1290. The number of halogens is 1. The number of piperazine rings is 1. The lowest BCUT2D eigenvalue weighted by Crippen LogP contribution is -2.55. The molecule has 33 heavy (non-hydrogen) atoms. The number of nitrogens with one attached hydrogen (secondary N) is 2. The number of amides is 1. The molecule has 1 amide bonds. The summed E-state index contributed by atoms with van der Waals surface area (Å²) >= 11 is 0. The average molecular weight is 448 g/mol. The van der Waals surface area contributed by atoms with Gasteiger partial charge in [-0.2, -0.15) is 5.10 Å². The highest BCUT2D eigenvalue weighted by molar-refractivity contribution is 5.95. The normalized spacial score (nSPS) is 23.1. The Hall–Kier alpha value is -3.10. The number of aromatic nitrogens is 2. The second-order valence-corrected chi connectivity index (χ2v) is 9.39. The van der Waals surface area contributed by atoms with Gasteiger partial charge in [0.2, 0.25) is 0 Å². The fourth-order valence-electron chi connectivity index (χ4n) is 5.38. The first-order chi connectivity index (χ1) is 16.1. The van der Waals surface area contributed by atoms with Gasteiger partial charge in [-0.05, 0) is 42.5 Å². The van der Waals surface area contributed by atoms with E-state index >= 15 is 0 Å². The number of H-pyrrole nitrogens is 1. The topological polar surface area (TPSA) is 81.3 Å². The maximum Gasteiger partial charge on any atom is 0.272 e. The van der Waals surface area contributed by atoms with Crippen LogP contribution >= 0.6 is 0 Å². The largest absolute Gasteiger partial charge is 0.336 e. The number of hydrogen-bond acceptors (Lipinski definition) is 5. The number of rotatable bonds is 4. The third-order valence-electron chi connectivity index (χ3n) is 7.30. The SMILES string of the molecule is O=C(c1cc(Cc2n[nH]c(=O)c3ccccc23)ccc1F)N1CCN2CNC(C3CC3)C2C1. The summed E-state index contributed by atoms with van der Waals surface area (Å²) in [5.74, 6) is -0.0572. The average Bonchev–Trinajstić information content (AvgIpc) is 3.60. The molecule has 3 aromatic rings. The molecule has 2 aliphatic heterocycles. The van der Waals surface area contributed by atoms with Crippen LogP contribution in [0.25, 0.3) is 10.8 Å². The Morgan fingerprint density at radius 2 is 1.94 bits per heavy atom. The highest BCUT2D eigenvalue weighted by Gasteiger charge is 2.45. The fourth-order valence-corrected chi connectivity index (χ4v) is 5.38. The van der Waals surface area contributed by atoms with Crippen molar-refractivity contribution in [1.82, 2.24) is 25.3 Å². The van der Waals surface area contributed by atoms with E-state index in [1.807, 2.05) is 18.2 Å². The zero-order valence-electron chi connectivity index (χ0n) is 18.3. The molecule has 0 spiro atoms. The van der Waals surface area contributed by atoms with Gasteiger partial charge in [0, 0.05) is 50.2 Å². The molecule has 1 aliphatic carbocycles. The Morgan fingerprint density at radius 3 is 2.76 bits per heavy atom. The summed E-state index contributed by atoms with van der Waals surface area (Å²) in [6.07, 6.45) is 2.89. The summed E-state index contributed by atoms with van der Waals surface area (Å²) < 4.78 is 14.8. The number of fused-ring (bicyclic) bond motifs is 2. The van der Waals surface area contributed by atoms with Crippen molar-refractivity contribution in [1.29, 1.82) is 0 Å². The molecule has 2 N–H and O–H groups in total. The number of carbonyl (C=O) groups is 1. The van der Waals surface area contributed by atoms with E-state index in [1.165, 1.54) is 18.9 Å². The van der Waals surface area contributed by atoms with Crippen molar-refractivity contribution in [3.63, 3.8) is 0 Å². The lowest BCUT2D eigenvalue weighted by atomic mass is 10.00. The zero-order valence-corrected chi connectivity index (χ0v) is 18.3. The third kappa shape index (κ3) is 3.73. The van der Waals surface area contributed by atoms with E-state index in [4.69, 9.17) is 0 Å². The number of nitrogens with zero attached hydrogens (tertiary/aromatic N) is 3. The minimum atomic E-state index is -0.506. The molecule has 1 saturated carbocycles. The molecular weight excluding hydrogens is 421 g/mol. The van der Waals surface area contributed by atoms with Crippen LogP contribution in [0.5, 0.6) is 0 Å². The first-order valence-electron chi connectivity index (χ1n) is 11.6. The van der Waals surface area contributed by atoms with Crippen molar-refractivity contribution in [3.8, 4) is 0 Å². The Labute approximate surface area is 190 Å². The minimum Gasteiger partial charge on any atom is -0.336 e. The van der Waals surface area contributed by atoms with E-state index in [2.05, 4.69) is 20.4 Å². The molecule has 170 valence electrons. The van der Waals surface area contributed by atoms with Crippen LogP contribution in [0.2, 0.25) is 0 Å². The van der Waals surface area contributed by atoms with E-state index < -0.39 is 5.82 Å². The standard InChI is InChI=1S/C25H26FN5O2/c26-20-8-5-15(12-21-17-3-1-2-4-18(17)24(32)29-28-21)11-19(20)25(33)30-9-10-31-14-27-23(16-6-7-16)22(31)13-30/h1-5,8,11,16,22-23,27H,6-7,9-10,12-14H2,(H,29,32). The maximum atomic E-state index is 14.8. The molecule has 2 saturated heterocycles. The number of benzene rings is 2. The molecule has 7 nitrogen and oxygen atoms in total. The van der Waals surface area contributed by atoms with E-state index in [9.17, 15) is 14.0 Å². The zero-order chi connectivity index (χ0) is 22.5. The van der Waals surface area contributed by atoms with Crippen LogP contribution in [0, 0.1) is 11.7 Å². The lowest BCUT2D eigenvalue weighted by Gasteiger charge is -2.39. The molecular formula is C25H26FN5O2. The molecule has 2 unspecified atom stereocenters. The van der Waals surface area contributed by atoms with Gasteiger partial charge in [0.05, 0.1) is 16.6 Å². The molecule has 3 aliphatic rings. The van der Waals surface area contributed by atoms with Gasteiger partial charge in [-0.1, -0.05) is 24.3 Å². The minimum absolute atomic E-state index is 0.101. The predicted octanol–water partition coefficient (Wildman–Crippen LogP) is 2.12. The number of carbonyl (C=O) groups excluding carboxylic acids is 1. The van der Waals surface area contributed by atoms with Crippen LogP contribution in [0.15, 0.2) is 47.3 Å². The van der Waals surface area contributed by atoms with Crippen molar-refractivity contribution in [2.45, 2.75) is 31.3 Å². The van der Waals surface area contributed by atoms with Gasteiger partial charge in [0.1, 0.15) is 5.82 Å². The van der Waals surface area contributed by atoms with Crippen molar-refractivity contribution in [2.75, 3.05) is 26.3 Å². The maximum absolute atomic E-state index is 14.8. The summed E-state index contributed by atoms with van der Waals surface area (Å²) in [5, 5.41) is 11.7. The van der Waals surface area contributed by atoms with Crippen LogP contribution in [-0.2, 0) is 6.42 Å². The quantitative estimate of drug-likeness (QED) is 0.641. The Morgan fingerprint density at radius 1 is 1.12 bits per heavy atom. The number of aromatic amines is 1. The van der Waals surface area contributed by atoms with Crippen molar-refractivity contribution in [2.24, 2.45) is 5.92 Å². The lowest BCUT2D eigenvalue weighted by molar-refractivity contribution is 0.0545. The highest BCUT2D eigenvalue weighted by atomic mass is 19.1. The summed E-state index contributed by atoms with van der Waals surface area (Å²) in [6.45, 7) is 2.91. The van der Waals surface area contributed by atoms with Gasteiger partial charge in [-0.15, -0.1) is 0 Å². The molecule has 3 heterocycles.